The maximum absolute atomic E-state index is 13.3. The van der Waals surface area contributed by atoms with Gasteiger partial charge in [0, 0.05) is 5.56 Å². The second-order valence-corrected chi connectivity index (χ2v) is 4.16. The topological polar surface area (TPSA) is 55.8 Å². The van der Waals surface area contributed by atoms with Crippen LogP contribution in [0.4, 0.5) is 13.2 Å². The molecule has 0 bridgehead atoms. The fourth-order valence-electron chi connectivity index (χ4n) is 1.84. The van der Waals surface area contributed by atoms with Gasteiger partial charge in [-0.05, 0) is 6.92 Å². The van der Waals surface area contributed by atoms with Crippen LogP contribution in [0.25, 0.3) is 0 Å². The molecule has 0 amide bonds. The number of aliphatic hydroxyl groups is 1. The van der Waals surface area contributed by atoms with Gasteiger partial charge in [0.2, 0.25) is 0 Å². The van der Waals surface area contributed by atoms with E-state index in [4.69, 9.17) is 0 Å². The molecule has 1 aliphatic rings. The van der Waals surface area contributed by atoms with Gasteiger partial charge in [-0.1, -0.05) is 30.3 Å². The van der Waals surface area contributed by atoms with Crippen molar-refractivity contribution in [3.8, 4) is 0 Å². The zero-order valence-electron chi connectivity index (χ0n) is 9.85. The molecule has 0 saturated carbocycles. The van der Waals surface area contributed by atoms with Gasteiger partial charge in [-0.3, -0.25) is 0 Å². The van der Waals surface area contributed by atoms with E-state index in [0.29, 0.717) is 0 Å². The maximum atomic E-state index is 13.3. The standard InChI is InChI=1S/C12H11F3O4/c1-7-9(16)19-11(10(17)18-7,12(13,14)15)8-5-3-2-4-6-8/h2-7,9,16H,1H3/t7?,9-,11?/m0/s1. The number of esters is 1. The Bertz CT molecular complexity index is 474. The highest BCUT2D eigenvalue weighted by Crippen LogP contribution is 2.46. The zero-order valence-corrected chi connectivity index (χ0v) is 9.85. The fourth-order valence-corrected chi connectivity index (χ4v) is 1.84. The predicted molar refractivity (Wildman–Crippen MR) is 56.8 cm³/mol. The molecule has 1 heterocycles. The third-order valence-electron chi connectivity index (χ3n) is 2.86. The highest BCUT2D eigenvalue weighted by atomic mass is 19.4. The van der Waals surface area contributed by atoms with Crippen molar-refractivity contribution in [2.24, 2.45) is 0 Å². The Labute approximate surface area is 106 Å². The van der Waals surface area contributed by atoms with Crippen LogP contribution in [0.3, 0.4) is 0 Å². The molecule has 0 radical (unpaired) electrons. The Balaban J connectivity index is 2.57. The molecule has 2 rings (SSSR count). The molecule has 3 atom stereocenters. The van der Waals surface area contributed by atoms with Crippen molar-refractivity contribution in [1.82, 2.24) is 0 Å². The van der Waals surface area contributed by atoms with E-state index in [0.717, 1.165) is 12.1 Å². The molecule has 7 heteroatoms. The third kappa shape index (κ3) is 2.08. The number of alkyl halides is 3. The van der Waals surface area contributed by atoms with Crippen molar-refractivity contribution in [3.05, 3.63) is 35.9 Å². The number of carbonyl (C=O) groups is 1. The summed E-state index contributed by atoms with van der Waals surface area (Å²) in [5.74, 6) is -1.58. The lowest BCUT2D eigenvalue weighted by molar-refractivity contribution is -0.352. The highest BCUT2D eigenvalue weighted by Gasteiger charge is 2.67. The van der Waals surface area contributed by atoms with Gasteiger partial charge in [0.15, 0.2) is 6.29 Å². The molecule has 1 fully saturated rings. The summed E-state index contributed by atoms with van der Waals surface area (Å²) in [6.45, 7) is 1.24. The van der Waals surface area contributed by atoms with Crippen molar-refractivity contribution in [1.29, 1.82) is 0 Å². The second-order valence-electron chi connectivity index (χ2n) is 4.16. The average Bonchev–Trinajstić information content (AvgIpc) is 2.33. The Hall–Kier alpha value is -1.60. The Kier molecular flexibility index (Phi) is 3.27. The average molecular weight is 276 g/mol. The molecule has 0 aliphatic carbocycles. The van der Waals surface area contributed by atoms with E-state index in [-0.39, 0.29) is 0 Å². The van der Waals surface area contributed by atoms with Crippen LogP contribution in [-0.4, -0.2) is 29.6 Å². The van der Waals surface area contributed by atoms with Crippen LogP contribution < -0.4 is 0 Å². The molecule has 1 aromatic rings. The Morgan fingerprint density at radius 2 is 1.84 bits per heavy atom. The van der Waals surface area contributed by atoms with E-state index in [2.05, 4.69) is 9.47 Å². The summed E-state index contributed by atoms with van der Waals surface area (Å²) in [7, 11) is 0. The van der Waals surface area contributed by atoms with Crippen LogP contribution in [0.15, 0.2) is 30.3 Å². The summed E-state index contributed by atoms with van der Waals surface area (Å²) in [4.78, 5) is 11.7. The van der Waals surface area contributed by atoms with Gasteiger partial charge >= 0.3 is 12.1 Å². The first kappa shape index (κ1) is 13.8. The third-order valence-corrected chi connectivity index (χ3v) is 2.86. The Morgan fingerprint density at radius 1 is 1.26 bits per heavy atom. The van der Waals surface area contributed by atoms with Gasteiger partial charge in [-0.2, -0.15) is 13.2 Å². The number of aliphatic hydroxyl groups excluding tert-OH is 1. The maximum Gasteiger partial charge on any atom is 0.432 e. The minimum Gasteiger partial charge on any atom is -0.455 e. The molecule has 1 saturated heterocycles. The number of hydrogen-bond donors (Lipinski definition) is 1. The fraction of sp³-hybridized carbons (Fsp3) is 0.417. The number of benzene rings is 1. The molecule has 0 aromatic heterocycles. The Morgan fingerprint density at radius 3 is 2.37 bits per heavy atom. The van der Waals surface area contributed by atoms with Crippen LogP contribution in [-0.2, 0) is 19.9 Å². The predicted octanol–water partition coefficient (Wildman–Crippen LogP) is 1.72. The largest absolute Gasteiger partial charge is 0.455 e. The number of halogens is 3. The first-order chi connectivity index (χ1) is 8.79. The molecular weight excluding hydrogens is 265 g/mol. The molecular formula is C12H11F3O4. The summed E-state index contributed by atoms with van der Waals surface area (Å²) >= 11 is 0. The van der Waals surface area contributed by atoms with Crippen molar-refractivity contribution in [2.45, 2.75) is 31.1 Å². The number of cyclic esters (lactones) is 1. The summed E-state index contributed by atoms with van der Waals surface area (Å²) in [6.07, 6.45) is -8.06. The number of carbonyl (C=O) groups excluding carboxylic acids is 1. The summed E-state index contributed by atoms with van der Waals surface area (Å²) in [5, 5.41) is 9.46. The van der Waals surface area contributed by atoms with Crippen LogP contribution >= 0.6 is 0 Å². The van der Waals surface area contributed by atoms with Crippen LogP contribution in [0.2, 0.25) is 0 Å². The molecule has 0 spiro atoms. The lowest BCUT2D eigenvalue weighted by Crippen LogP contribution is -2.60. The minimum absolute atomic E-state index is 0.432. The second kappa shape index (κ2) is 4.50. The minimum atomic E-state index is -5.05. The van der Waals surface area contributed by atoms with E-state index in [1.807, 2.05) is 0 Å². The number of ether oxygens (including phenoxy) is 2. The van der Waals surface area contributed by atoms with Crippen molar-refractivity contribution >= 4 is 5.97 Å². The van der Waals surface area contributed by atoms with E-state index < -0.39 is 35.7 Å². The van der Waals surface area contributed by atoms with Crippen molar-refractivity contribution < 1.29 is 32.5 Å². The SMILES string of the molecule is CC1OC(=O)C(c2ccccc2)(C(F)(F)F)O[C@@H]1O. The molecule has 19 heavy (non-hydrogen) atoms. The smallest absolute Gasteiger partial charge is 0.432 e. The molecule has 1 N–H and O–H groups in total. The van der Waals surface area contributed by atoms with Gasteiger partial charge in [0.1, 0.15) is 6.10 Å². The van der Waals surface area contributed by atoms with Crippen molar-refractivity contribution in [3.63, 3.8) is 0 Å². The normalized spacial score (nSPS) is 31.9. The molecule has 2 unspecified atom stereocenters. The van der Waals surface area contributed by atoms with Gasteiger partial charge in [0.05, 0.1) is 0 Å². The summed E-state index contributed by atoms with van der Waals surface area (Å²) in [6, 6.07) is 6.36. The highest BCUT2D eigenvalue weighted by molar-refractivity contribution is 5.83. The quantitative estimate of drug-likeness (QED) is 0.794. The van der Waals surface area contributed by atoms with Crippen LogP contribution in [0.5, 0.6) is 0 Å². The first-order valence-electron chi connectivity index (χ1n) is 5.48. The van der Waals surface area contributed by atoms with Gasteiger partial charge < -0.3 is 14.6 Å². The zero-order chi connectivity index (χ0) is 14.3. The molecule has 1 aliphatic heterocycles. The lowest BCUT2D eigenvalue weighted by Gasteiger charge is -2.41. The molecule has 104 valence electrons. The number of rotatable bonds is 1. The van der Waals surface area contributed by atoms with E-state index in [9.17, 15) is 23.1 Å². The number of hydrogen-bond acceptors (Lipinski definition) is 4. The summed E-state index contributed by atoms with van der Waals surface area (Å²) < 4.78 is 49.1. The monoisotopic (exact) mass is 276 g/mol. The van der Waals surface area contributed by atoms with Crippen molar-refractivity contribution in [2.75, 3.05) is 0 Å². The first-order valence-corrected chi connectivity index (χ1v) is 5.48. The van der Waals surface area contributed by atoms with E-state index in [1.165, 1.54) is 25.1 Å². The van der Waals surface area contributed by atoms with Crippen LogP contribution in [0, 0.1) is 0 Å². The summed E-state index contributed by atoms with van der Waals surface area (Å²) in [5.41, 5.74) is -3.72. The molecule has 4 nitrogen and oxygen atoms in total. The molecule has 1 aromatic carbocycles. The van der Waals surface area contributed by atoms with E-state index >= 15 is 0 Å². The van der Waals surface area contributed by atoms with Gasteiger partial charge in [-0.15, -0.1) is 0 Å². The van der Waals surface area contributed by atoms with Gasteiger partial charge in [-0.25, -0.2) is 4.79 Å². The van der Waals surface area contributed by atoms with Gasteiger partial charge in [0.25, 0.3) is 5.60 Å². The lowest BCUT2D eigenvalue weighted by atomic mass is 9.91. The van der Waals surface area contributed by atoms with E-state index in [1.54, 1.807) is 0 Å². The van der Waals surface area contributed by atoms with Crippen LogP contribution in [0.1, 0.15) is 12.5 Å².